The molecular formula is C10H12N2. The van der Waals surface area contributed by atoms with Gasteiger partial charge in [-0.25, -0.2) is 0 Å². The molecule has 1 aromatic heterocycles. The number of rotatable bonds is 1. The molecule has 0 radical (unpaired) electrons. The lowest BCUT2D eigenvalue weighted by atomic mass is 10.1. The summed E-state index contributed by atoms with van der Waals surface area (Å²) in [5, 5.41) is 1.23. The molecule has 0 aliphatic carbocycles. The first-order valence-corrected chi connectivity index (χ1v) is 4.10. The van der Waals surface area contributed by atoms with E-state index in [9.17, 15) is 0 Å². The van der Waals surface area contributed by atoms with Crippen molar-refractivity contribution in [3.63, 3.8) is 0 Å². The fourth-order valence-electron chi connectivity index (χ4n) is 1.49. The van der Waals surface area contributed by atoms with Gasteiger partial charge in [0.25, 0.3) is 0 Å². The van der Waals surface area contributed by atoms with Crippen LogP contribution in [0, 0.1) is 0 Å². The lowest BCUT2D eigenvalue weighted by Gasteiger charge is -2.05. The Labute approximate surface area is 71.4 Å². The highest BCUT2D eigenvalue weighted by atomic mass is 14.7. The van der Waals surface area contributed by atoms with Gasteiger partial charge >= 0.3 is 0 Å². The monoisotopic (exact) mass is 160 g/mol. The van der Waals surface area contributed by atoms with Crippen molar-refractivity contribution in [3.8, 4) is 0 Å². The molecule has 0 saturated carbocycles. The van der Waals surface area contributed by atoms with E-state index in [0.717, 1.165) is 5.52 Å². The minimum Gasteiger partial charge on any atom is -0.361 e. The number of nitrogens with two attached hydrogens (primary N) is 1. The molecular weight excluding hydrogens is 148 g/mol. The second kappa shape index (κ2) is 2.64. The van der Waals surface area contributed by atoms with Crippen LogP contribution in [0.2, 0.25) is 0 Å². The maximum Gasteiger partial charge on any atom is 0.0502 e. The number of benzene rings is 1. The summed E-state index contributed by atoms with van der Waals surface area (Å²) in [6, 6.07) is 8.32. The number of hydrogen-bond acceptors (Lipinski definition) is 1. The molecule has 1 aromatic carbocycles. The largest absolute Gasteiger partial charge is 0.361 e. The van der Waals surface area contributed by atoms with E-state index in [1.165, 1.54) is 10.9 Å². The maximum atomic E-state index is 5.82. The van der Waals surface area contributed by atoms with Crippen molar-refractivity contribution in [2.24, 2.45) is 5.73 Å². The third-order valence-electron chi connectivity index (χ3n) is 2.11. The summed E-state index contributed by atoms with van der Waals surface area (Å²) in [4.78, 5) is 3.19. The van der Waals surface area contributed by atoms with Crippen LogP contribution >= 0.6 is 0 Å². The molecule has 1 atom stereocenters. The lowest BCUT2D eigenvalue weighted by Crippen LogP contribution is -2.05. The van der Waals surface area contributed by atoms with Gasteiger partial charge in [-0.2, -0.15) is 0 Å². The van der Waals surface area contributed by atoms with Crippen LogP contribution < -0.4 is 5.73 Å². The quantitative estimate of drug-likeness (QED) is 0.659. The average molecular weight is 160 g/mol. The Morgan fingerprint density at radius 3 is 2.92 bits per heavy atom. The molecule has 2 aromatic rings. The van der Waals surface area contributed by atoms with Crippen LogP contribution in [0.25, 0.3) is 10.9 Å². The fraction of sp³-hybridized carbons (Fsp3) is 0.200. The van der Waals surface area contributed by atoms with Crippen molar-refractivity contribution < 1.29 is 0 Å². The minimum atomic E-state index is 0.0901. The van der Waals surface area contributed by atoms with E-state index >= 15 is 0 Å². The molecule has 1 unspecified atom stereocenters. The van der Waals surface area contributed by atoms with Gasteiger partial charge in [0.1, 0.15) is 0 Å². The molecule has 0 fully saturated rings. The van der Waals surface area contributed by atoms with Crippen LogP contribution in [0.1, 0.15) is 18.5 Å². The molecule has 12 heavy (non-hydrogen) atoms. The van der Waals surface area contributed by atoms with Crippen molar-refractivity contribution in [1.82, 2.24) is 4.98 Å². The fourth-order valence-corrected chi connectivity index (χ4v) is 1.49. The van der Waals surface area contributed by atoms with Gasteiger partial charge in [-0.05, 0) is 23.9 Å². The Bertz CT molecular complexity index is 387. The van der Waals surface area contributed by atoms with Crippen LogP contribution in [0.4, 0.5) is 0 Å². The van der Waals surface area contributed by atoms with Crippen molar-refractivity contribution in [2.75, 3.05) is 0 Å². The second-order valence-corrected chi connectivity index (χ2v) is 3.08. The van der Waals surface area contributed by atoms with Gasteiger partial charge in [-0.1, -0.05) is 18.2 Å². The van der Waals surface area contributed by atoms with Crippen molar-refractivity contribution in [1.29, 1.82) is 0 Å². The number of nitrogens with one attached hydrogen (secondary N) is 1. The summed E-state index contributed by atoms with van der Waals surface area (Å²) in [6.07, 6.45) is 1.94. The molecule has 0 spiro atoms. The Morgan fingerprint density at radius 2 is 2.17 bits per heavy atom. The molecule has 2 rings (SSSR count). The smallest absolute Gasteiger partial charge is 0.0502 e. The molecule has 0 saturated heterocycles. The molecule has 0 aliphatic heterocycles. The van der Waals surface area contributed by atoms with Crippen LogP contribution in [0.5, 0.6) is 0 Å². The third kappa shape index (κ3) is 1.01. The molecule has 62 valence electrons. The normalized spacial score (nSPS) is 13.5. The predicted octanol–water partition coefficient (Wildman–Crippen LogP) is 2.19. The average Bonchev–Trinajstić information content (AvgIpc) is 2.49. The summed E-state index contributed by atoms with van der Waals surface area (Å²) in [6.45, 7) is 2.00. The van der Waals surface area contributed by atoms with E-state index in [1.807, 2.05) is 19.2 Å². The number of para-hydroxylation sites is 1. The predicted molar refractivity (Wildman–Crippen MR) is 50.9 cm³/mol. The van der Waals surface area contributed by atoms with E-state index in [-0.39, 0.29) is 6.04 Å². The summed E-state index contributed by atoms with van der Waals surface area (Å²) in [7, 11) is 0. The zero-order valence-corrected chi connectivity index (χ0v) is 7.04. The van der Waals surface area contributed by atoms with Crippen molar-refractivity contribution >= 4 is 10.9 Å². The summed E-state index contributed by atoms with van der Waals surface area (Å²) < 4.78 is 0. The van der Waals surface area contributed by atoms with Crippen LogP contribution in [-0.2, 0) is 0 Å². The van der Waals surface area contributed by atoms with E-state index in [2.05, 4.69) is 23.2 Å². The Morgan fingerprint density at radius 1 is 1.33 bits per heavy atom. The summed E-state index contributed by atoms with van der Waals surface area (Å²) in [5.74, 6) is 0. The topological polar surface area (TPSA) is 41.8 Å². The first-order chi connectivity index (χ1) is 5.79. The number of aromatic amines is 1. The van der Waals surface area contributed by atoms with E-state index in [0.29, 0.717) is 0 Å². The standard InChI is InChI=1S/C10H12N2/c1-7(11)9-4-2-3-8-5-6-12-10(8)9/h2-7,12H,11H2,1H3. The Balaban J connectivity index is 2.73. The van der Waals surface area contributed by atoms with Gasteiger partial charge in [0, 0.05) is 12.2 Å². The van der Waals surface area contributed by atoms with Gasteiger partial charge < -0.3 is 10.7 Å². The number of hydrogen-bond donors (Lipinski definition) is 2. The molecule has 3 N–H and O–H groups in total. The minimum absolute atomic E-state index is 0.0901. The van der Waals surface area contributed by atoms with Crippen LogP contribution in [-0.4, -0.2) is 4.98 Å². The van der Waals surface area contributed by atoms with Crippen LogP contribution in [0.3, 0.4) is 0 Å². The summed E-state index contributed by atoms with van der Waals surface area (Å²) in [5.41, 5.74) is 8.16. The highest BCUT2D eigenvalue weighted by Gasteiger charge is 2.04. The van der Waals surface area contributed by atoms with Gasteiger partial charge in [-0.15, -0.1) is 0 Å². The van der Waals surface area contributed by atoms with Crippen LogP contribution in [0.15, 0.2) is 30.5 Å². The van der Waals surface area contributed by atoms with Gasteiger partial charge in [-0.3, -0.25) is 0 Å². The molecule has 0 bridgehead atoms. The van der Waals surface area contributed by atoms with Gasteiger partial charge in [0.15, 0.2) is 0 Å². The first-order valence-electron chi connectivity index (χ1n) is 4.10. The van der Waals surface area contributed by atoms with E-state index < -0.39 is 0 Å². The maximum absolute atomic E-state index is 5.82. The zero-order chi connectivity index (χ0) is 8.55. The lowest BCUT2D eigenvalue weighted by molar-refractivity contribution is 0.824. The molecule has 2 nitrogen and oxygen atoms in total. The van der Waals surface area contributed by atoms with Gasteiger partial charge in [0.05, 0.1) is 5.52 Å². The zero-order valence-electron chi connectivity index (χ0n) is 7.04. The number of aromatic nitrogens is 1. The van der Waals surface area contributed by atoms with E-state index in [4.69, 9.17) is 5.73 Å². The molecule has 2 heteroatoms. The number of fused-ring (bicyclic) bond motifs is 1. The van der Waals surface area contributed by atoms with Crippen molar-refractivity contribution in [3.05, 3.63) is 36.0 Å². The number of H-pyrrole nitrogens is 1. The highest BCUT2D eigenvalue weighted by Crippen LogP contribution is 2.20. The first kappa shape index (κ1) is 7.37. The Kier molecular flexibility index (Phi) is 1.62. The van der Waals surface area contributed by atoms with Crippen molar-refractivity contribution in [2.45, 2.75) is 13.0 Å². The second-order valence-electron chi connectivity index (χ2n) is 3.08. The Hall–Kier alpha value is -1.28. The van der Waals surface area contributed by atoms with Gasteiger partial charge in [0.2, 0.25) is 0 Å². The highest BCUT2D eigenvalue weighted by molar-refractivity contribution is 5.82. The summed E-state index contributed by atoms with van der Waals surface area (Å²) >= 11 is 0. The molecule has 0 amide bonds. The van der Waals surface area contributed by atoms with E-state index in [1.54, 1.807) is 0 Å². The molecule has 1 heterocycles. The SMILES string of the molecule is CC(N)c1cccc2cc[nH]c12. The molecule has 0 aliphatic rings. The third-order valence-corrected chi connectivity index (χ3v) is 2.11.